The van der Waals surface area contributed by atoms with Gasteiger partial charge >= 0.3 is 0 Å². The molecule has 0 saturated heterocycles. The van der Waals surface area contributed by atoms with Crippen molar-refractivity contribution in [1.82, 2.24) is 0 Å². The summed E-state index contributed by atoms with van der Waals surface area (Å²) in [5.74, 6) is 0. The number of benzene rings is 7. The second-order valence-corrected chi connectivity index (χ2v) is 10.1. The van der Waals surface area contributed by atoms with E-state index in [-0.39, 0.29) is 12.1 Å². The first-order chi connectivity index (χ1) is 21.2. The summed E-state index contributed by atoms with van der Waals surface area (Å²) in [5, 5.41) is 4.89. The van der Waals surface area contributed by atoms with E-state index in [9.17, 15) is 0 Å². The number of anilines is 3. The van der Waals surface area contributed by atoms with Gasteiger partial charge in [0.1, 0.15) is 0 Å². The van der Waals surface area contributed by atoms with E-state index >= 15 is 0 Å². The topological polar surface area (TPSA) is 3.24 Å². The number of rotatable bonds is 6. The van der Waals surface area contributed by atoms with Crippen LogP contribution >= 0.6 is 0 Å². The molecule has 0 saturated carbocycles. The first-order valence-corrected chi connectivity index (χ1v) is 13.9. The number of hydrogen-bond acceptors (Lipinski definition) is 1. The number of fused-ring (bicyclic) bond motifs is 3. The Morgan fingerprint density at radius 3 is 1.49 bits per heavy atom. The molecule has 1 nitrogen and oxygen atoms in total. The van der Waals surface area contributed by atoms with E-state index in [2.05, 4.69) is 95.9 Å². The van der Waals surface area contributed by atoms with Crippen LogP contribution in [0, 0.1) is 0 Å². The third-order valence-electron chi connectivity index (χ3n) is 7.47. The van der Waals surface area contributed by atoms with Crippen LogP contribution in [0.5, 0.6) is 0 Å². The van der Waals surface area contributed by atoms with E-state index in [0.29, 0.717) is 5.56 Å². The van der Waals surface area contributed by atoms with E-state index in [4.69, 9.17) is 2.74 Å². The highest BCUT2D eigenvalue weighted by Crippen LogP contribution is 2.36. The summed E-state index contributed by atoms with van der Waals surface area (Å²) in [5.41, 5.74) is 6.80. The van der Waals surface area contributed by atoms with Crippen LogP contribution in [0.2, 0.25) is 0 Å². The van der Waals surface area contributed by atoms with E-state index in [1.54, 1.807) is 0 Å². The number of para-hydroxylation sites is 2. The fourth-order valence-corrected chi connectivity index (χ4v) is 5.47. The molecule has 0 unspecified atom stereocenters. The Morgan fingerprint density at radius 1 is 0.415 bits per heavy atom. The van der Waals surface area contributed by atoms with Crippen molar-refractivity contribution in [3.8, 4) is 11.1 Å². The Balaban J connectivity index is 1.21. The molecule has 0 bridgehead atoms. The van der Waals surface area contributed by atoms with Gasteiger partial charge in [-0.3, -0.25) is 0 Å². The van der Waals surface area contributed by atoms with E-state index in [1.807, 2.05) is 72.8 Å². The molecule has 0 aromatic heterocycles. The molecule has 0 heterocycles. The van der Waals surface area contributed by atoms with Crippen LogP contribution in [0.4, 0.5) is 17.1 Å². The molecule has 41 heavy (non-hydrogen) atoms. The number of nitrogens with zero attached hydrogens (tertiary/aromatic N) is 1. The SMILES string of the molecule is [2H]/C(=C(/[2H])c1ccc(N(c2ccccc2)c2ccccc2)cc1)c1ccc(-c2cc3ccccc3c3ccccc23)cc1. The average Bonchev–Trinajstić information content (AvgIpc) is 3.09. The fourth-order valence-electron chi connectivity index (χ4n) is 5.47. The zero-order valence-corrected chi connectivity index (χ0v) is 22.5. The summed E-state index contributed by atoms with van der Waals surface area (Å²) in [6.45, 7) is 0. The van der Waals surface area contributed by atoms with Crippen LogP contribution < -0.4 is 4.90 Å². The quantitative estimate of drug-likeness (QED) is 0.154. The lowest BCUT2D eigenvalue weighted by atomic mass is 9.93. The van der Waals surface area contributed by atoms with Crippen LogP contribution in [0.1, 0.15) is 13.9 Å². The molecule has 0 aliphatic carbocycles. The molecule has 0 radical (unpaired) electrons. The lowest BCUT2D eigenvalue weighted by molar-refractivity contribution is 1.28. The van der Waals surface area contributed by atoms with E-state index < -0.39 is 0 Å². The van der Waals surface area contributed by atoms with Crippen molar-refractivity contribution in [3.63, 3.8) is 0 Å². The zero-order chi connectivity index (χ0) is 29.2. The van der Waals surface area contributed by atoms with Crippen molar-refractivity contribution in [2.45, 2.75) is 0 Å². The molecule has 0 aliphatic heterocycles. The first kappa shape index (κ1) is 22.4. The summed E-state index contributed by atoms with van der Waals surface area (Å²) in [4.78, 5) is 2.19. The Hall–Kier alpha value is -5.40. The first-order valence-electron chi connectivity index (χ1n) is 14.9. The van der Waals surface area contributed by atoms with Gasteiger partial charge in [-0.2, -0.15) is 0 Å². The van der Waals surface area contributed by atoms with Gasteiger partial charge in [0, 0.05) is 17.1 Å². The Morgan fingerprint density at radius 2 is 0.878 bits per heavy atom. The highest BCUT2D eigenvalue weighted by Gasteiger charge is 2.11. The van der Waals surface area contributed by atoms with Crippen LogP contribution in [0.15, 0.2) is 164 Å². The molecule has 7 aromatic rings. The Kier molecular flexibility index (Phi) is 6.01. The second kappa shape index (κ2) is 11.0. The molecule has 1 heteroatoms. The summed E-state index contributed by atoms with van der Waals surface area (Å²) in [6.07, 6.45) is 0. The zero-order valence-electron chi connectivity index (χ0n) is 24.5. The Labute approximate surface area is 244 Å². The van der Waals surface area contributed by atoms with Gasteiger partial charge in [-0.05, 0) is 86.3 Å². The monoisotopic (exact) mass is 525 g/mol. The maximum Gasteiger partial charge on any atom is 0.0629 e. The van der Waals surface area contributed by atoms with Crippen LogP contribution in [0.3, 0.4) is 0 Å². The predicted molar refractivity (Wildman–Crippen MR) is 177 cm³/mol. The van der Waals surface area contributed by atoms with Gasteiger partial charge < -0.3 is 4.90 Å². The molecule has 0 N–H and O–H groups in total. The van der Waals surface area contributed by atoms with Gasteiger partial charge in [-0.15, -0.1) is 0 Å². The van der Waals surface area contributed by atoms with E-state index in [0.717, 1.165) is 28.2 Å². The maximum atomic E-state index is 8.86. The third-order valence-corrected chi connectivity index (χ3v) is 7.47. The van der Waals surface area contributed by atoms with Crippen molar-refractivity contribution in [1.29, 1.82) is 0 Å². The standard InChI is InChI=1S/C40H29N/c1-3-12-34(13-4-1)41(35-14-5-2-6-15-35)36-27-23-31(24-28-36)20-19-30-21-25-32(26-22-30)40-29-33-11-7-8-16-37(33)38-17-9-10-18-39(38)40/h1-29H/b20-19+/i19D,20D. The summed E-state index contributed by atoms with van der Waals surface area (Å²) in [6, 6.07) is 56.1. The van der Waals surface area contributed by atoms with Gasteiger partial charge in [-0.25, -0.2) is 0 Å². The lowest BCUT2D eigenvalue weighted by Crippen LogP contribution is -2.09. The van der Waals surface area contributed by atoms with Crippen molar-refractivity contribution >= 4 is 50.7 Å². The molecule has 194 valence electrons. The summed E-state index contributed by atoms with van der Waals surface area (Å²) in [7, 11) is 0. The molecule has 0 amide bonds. The molecular formula is C40H29N. The molecule has 0 atom stereocenters. The summed E-state index contributed by atoms with van der Waals surface area (Å²) >= 11 is 0. The Bertz CT molecular complexity index is 2030. The van der Waals surface area contributed by atoms with Crippen LogP contribution in [-0.2, 0) is 0 Å². The molecule has 7 aromatic carbocycles. The highest BCUT2D eigenvalue weighted by atomic mass is 15.1. The minimum atomic E-state index is 0.196. The van der Waals surface area contributed by atoms with Crippen LogP contribution in [-0.4, -0.2) is 0 Å². The maximum absolute atomic E-state index is 8.86. The lowest BCUT2D eigenvalue weighted by Gasteiger charge is -2.25. The largest absolute Gasteiger partial charge is 0.311 e. The van der Waals surface area contributed by atoms with Gasteiger partial charge in [-0.1, -0.05) is 133 Å². The fraction of sp³-hybridized carbons (Fsp3) is 0. The van der Waals surface area contributed by atoms with Crippen molar-refractivity contribution in [2.75, 3.05) is 4.90 Å². The van der Waals surface area contributed by atoms with Crippen LogP contribution in [0.25, 0.3) is 44.8 Å². The van der Waals surface area contributed by atoms with Gasteiger partial charge in [0.25, 0.3) is 0 Å². The van der Waals surface area contributed by atoms with Crippen molar-refractivity contribution in [2.24, 2.45) is 0 Å². The number of hydrogen-bond donors (Lipinski definition) is 0. The molecular weight excluding hydrogens is 494 g/mol. The third kappa shape index (κ3) is 5.02. The van der Waals surface area contributed by atoms with Crippen molar-refractivity contribution < 1.29 is 2.74 Å². The minimum Gasteiger partial charge on any atom is -0.311 e. The average molecular weight is 526 g/mol. The molecule has 0 spiro atoms. The van der Waals surface area contributed by atoms with Gasteiger partial charge in [0.15, 0.2) is 0 Å². The van der Waals surface area contributed by atoms with Crippen molar-refractivity contribution in [3.05, 3.63) is 175 Å². The molecule has 0 aliphatic rings. The van der Waals surface area contributed by atoms with Gasteiger partial charge in [0.05, 0.1) is 2.74 Å². The summed E-state index contributed by atoms with van der Waals surface area (Å²) < 4.78 is 17.7. The molecule has 0 fully saturated rings. The van der Waals surface area contributed by atoms with E-state index in [1.165, 1.54) is 27.1 Å². The predicted octanol–water partition coefficient (Wildman–Crippen LogP) is 11.3. The second-order valence-electron chi connectivity index (χ2n) is 10.1. The minimum absolute atomic E-state index is 0.196. The normalized spacial score (nSPS) is 12.5. The highest BCUT2D eigenvalue weighted by molar-refractivity contribution is 6.13. The smallest absolute Gasteiger partial charge is 0.0629 e. The van der Waals surface area contributed by atoms with Gasteiger partial charge in [0.2, 0.25) is 0 Å². The molecule has 7 rings (SSSR count).